The van der Waals surface area contributed by atoms with E-state index in [1.807, 2.05) is 5.51 Å². The largest absolute Gasteiger partial charge is 0.305 e. The zero-order valence-electron chi connectivity index (χ0n) is 11.5. The molecule has 1 aliphatic rings. The molecule has 0 saturated heterocycles. The van der Waals surface area contributed by atoms with Gasteiger partial charge in [0.2, 0.25) is 0 Å². The second-order valence-electron chi connectivity index (χ2n) is 5.05. The molecular formula is C14H20N4S. The Hall–Kier alpha value is -1.20. The summed E-state index contributed by atoms with van der Waals surface area (Å²) in [7, 11) is 0. The quantitative estimate of drug-likeness (QED) is 0.933. The van der Waals surface area contributed by atoms with Crippen LogP contribution in [-0.2, 0) is 19.5 Å². The van der Waals surface area contributed by atoms with E-state index >= 15 is 0 Å². The summed E-state index contributed by atoms with van der Waals surface area (Å²) in [5, 5.41) is 8.17. The summed E-state index contributed by atoms with van der Waals surface area (Å²) in [6.45, 7) is 6.12. The van der Waals surface area contributed by atoms with Crippen molar-refractivity contribution in [3.8, 4) is 0 Å². The minimum absolute atomic E-state index is 0.450. The van der Waals surface area contributed by atoms with Crippen molar-refractivity contribution in [2.75, 3.05) is 0 Å². The molecule has 0 bridgehead atoms. The van der Waals surface area contributed by atoms with Gasteiger partial charge in [-0.15, -0.1) is 11.3 Å². The molecule has 102 valence electrons. The van der Waals surface area contributed by atoms with Crippen molar-refractivity contribution in [1.82, 2.24) is 20.1 Å². The molecular weight excluding hydrogens is 256 g/mol. The second kappa shape index (κ2) is 5.43. The predicted octanol–water partition coefficient (Wildman–Crippen LogP) is 2.84. The zero-order chi connectivity index (χ0) is 13.2. The van der Waals surface area contributed by atoms with Crippen LogP contribution in [0.5, 0.6) is 0 Å². The molecule has 0 spiro atoms. The second-order valence-corrected chi connectivity index (χ2v) is 5.99. The lowest BCUT2D eigenvalue weighted by molar-refractivity contribution is 0.449. The van der Waals surface area contributed by atoms with E-state index in [0.29, 0.717) is 6.04 Å². The maximum absolute atomic E-state index is 4.50. The van der Waals surface area contributed by atoms with Crippen LogP contribution in [0, 0.1) is 6.92 Å². The average molecular weight is 276 g/mol. The Kier molecular flexibility index (Phi) is 3.66. The molecule has 1 N–H and O–H groups in total. The minimum atomic E-state index is 0.450. The molecule has 1 atom stereocenters. The minimum Gasteiger partial charge on any atom is -0.305 e. The van der Waals surface area contributed by atoms with Crippen LogP contribution in [0.15, 0.2) is 11.7 Å². The summed E-state index contributed by atoms with van der Waals surface area (Å²) < 4.78 is 2.14. The smallest absolute Gasteiger partial charge is 0.0798 e. The van der Waals surface area contributed by atoms with Crippen molar-refractivity contribution in [2.24, 2.45) is 0 Å². The third kappa shape index (κ3) is 2.44. The lowest BCUT2D eigenvalue weighted by atomic mass is 9.93. The van der Waals surface area contributed by atoms with Gasteiger partial charge in [-0.2, -0.15) is 5.10 Å². The van der Waals surface area contributed by atoms with E-state index in [1.165, 1.54) is 35.4 Å². The highest BCUT2D eigenvalue weighted by Gasteiger charge is 2.23. The summed E-state index contributed by atoms with van der Waals surface area (Å²) in [5.41, 5.74) is 5.90. The van der Waals surface area contributed by atoms with Crippen LogP contribution >= 0.6 is 11.3 Å². The molecule has 2 heterocycles. The van der Waals surface area contributed by atoms with Crippen LogP contribution in [0.3, 0.4) is 0 Å². The van der Waals surface area contributed by atoms with Crippen molar-refractivity contribution in [1.29, 1.82) is 0 Å². The van der Waals surface area contributed by atoms with Crippen molar-refractivity contribution in [3.05, 3.63) is 33.5 Å². The highest BCUT2D eigenvalue weighted by molar-refractivity contribution is 7.09. The van der Waals surface area contributed by atoms with Crippen molar-refractivity contribution in [3.63, 3.8) is 0 Å². The molecule has 3 rings (SSSR count). The number of aryl methyl sites for hydroxylation is 2. The van der Waals surface area contributed by atoms with Crippen molar-refractivity contribution < 1.29 is 0 Å². The number of hydrogen-bond donors (Lipinski definition) is 1. The average Bonchev–Trinajstić information content (AvgIpc) is 3.02. The van der Waals surface area contributed by atoms with E-state index in [0.717, 1.165) is 18.8 Å². The SMILES string of the molecule is CCn1ncc2c1CCC[C@H]2NCc1scnc1C. The topological polar surface area (TPSA) is 42.7 Å². The molecule has 2 aromatic rings. The van der Waals surface area contributed by atoms with Crippen molar-refractivity contribution >= 4 is 11.3 Å². The van der Waals surface area contributed by atoms with Gasteiger partial charge in [0.25, 0.3) is 0 Å². The molecule has 0 amide bonds. The first-order chi connectivity index (χ1) is 9.29. The molecule has 4 nitrogen and oxygen atoms in total. The Morgan fingerprint density at radius 2 is 2.42 bits per heavy atom. The fourth-order valence-electron chi connectivity index (χ4n) is 2.82. The third-order valence-corrected chi connectivity index (χ3v) is 4.85. The number of hydrogen-bond acceptors (Lipinski definition) is 4. The van der Waals surface area contributed by atoms with E-state index in [2.05, 4.69) is 40.1 Å². The lowest BCUT2D eigenvalue weighted by Gasteiger charge is -2.24. The van der Waals surface area contributed by atoms with Gasteiger partial charge < -0.3 is 5.32 Å². The van der Waals surface area contributed by atoms with E-state index < -0.39 is 0 Å². The van der Waals surface area contributed by atoms with E-state index in [4.69, 9.17) is 0 Å². The number of thiazole rings is 1. The molecule has 0 aliphatic heterocycles. The van der Waals surface area contributed by atoms with Gasteiger partial charge in [0.15, 0.2) is 0 Å². The van der Waals surface area contributed by atoms with Crippen molar-refractivity contribution in [2.45, 2.75) is 52.2 Å². The van der Waals surface area contributed by atoms with Gasteiger partial charge >= 0.3 is 0 Å². The fourth-order valence-corrected chi connectivity index (χ4v) is 3.54. The van der Waals surface area contributed by atoms with Crippen LogP contribution in [0.25, 0.3) is 0 Å². The number of fused-ring (bicyclic) bond motifs is 1. The molecule has 0 fully saturated rings. The van der Waals surface area contributed by atoms with E-state index in [9.17, 15) is 0 Å². The molecule has 5 heteroatoms. The van der Waals surface area contributed by atoms with E-state index in [1.54, 1.807) is 11.3 Å². The Balaban J connectivity index is 1.73. The first kappa shape index (κ1) is 12.8. The van der Waals surface area contributed by atoms with Crippen LogP contribution in [0.2, 0.25) is 0 Å². The molecule has 19 heavy (non-hydrogen) atoms. The lowest BCUT2D eigenvalue weighted by Crippen LogP contribution is -2.25. The Morgan fingerprint density at radius 1 is 1.53 bits per heavy atom. The Morgan fingerprint density at radius 3 is 3.16 bits per heavy atom. The van der Waals surface area contributed by atoms with Gasteiger partial charge in [0.05, 0.1) is 17.4 Å². The Labute approximate surface area is 117 Å². The highest BCUT2D eigenvalue weighted by Crippen LogP contribution is 2.30. The maximum atomic E-state index is 4.50. The molecule has 0 saturated carbocycles. The summed E-state index contributed by atoms with van der Waals surface area (Å²) in [4.78, 5) is 5.65. The molecule has 2 aromatic heterocycles. The number of nitrogens with zero attached hydrogens (tertiary/aromatic N) is 3. The van der Waals surface area contributed by atoms with Gasteiger partial charge in [-0.05, 0) is 33.1 Å². The maximum Gasteiger partial charge on any atom is 0.0798 e. The fraction of sp³-hybridized carbons (Fsp3) is 0.571. The molecule has 0 unspecified atom stereocenters. The summed E-state index contributed by atoms with van der Waals surface area (Å²) in [6, 6.07) is 0.450. The number of rotatable bonds is 4. The highest BCUT2D eigenvalue weighted by atomic mass is 32.1. The first-order valence-electron chi connectivity index (χ1n) is 6.96. The van der Waals surface area contributed by atoms with Crippen LogP contribution in [-0.4, -0.2) is 14.8 Å². The van der Waals surface area contributed by atoms with E-state index in [-0.39, 0.29) is 0 Å². The first-order valence-corrected chi connectivity index (χ1v) is 7.84. The normalized spacial score (nSPS) is 18.5. The van der Waals surface area contributed by atoms with Gasteiger partial charge in [0, 0.05) is 35.3 Å². The standard InChI is InChI=1S/C14H20N4S/c1-3-18-13-6-4-5-12(11(13)7-17-18)15-8-14-10(2)16-9-19-14/h7,9,12,15H,3-6,8H2,1-2H3/t12-/m1/s1. The predicted molar refractivity (Wildman–Crippen MR) is 77.3 cm³/mol. The third-order valence-electron chi connectivity index (χ3n) is 3.92. The summed E-state index contributed by atoms with van der Waals surface area (Å²) >= 11 is 1.73. The monoisotopic (exact) mass is 276 g/mol. The molecule has 0 radical (unpaired) electrons. The Bertz CT molecular complexity index is 558. The number of nitrogens with one attached hydrogen (secondary N) is 1. The summed E-state index contributed by atoms with van der Waals surface area (Å²) in [5.74, 6) is 0. The van der Waals surface area contributed by atoms with Crippen LogP contribution in [0.4, 0.5) is 0 Å². The van der Waals surface area contributed by atoms with Gasteiger partial charge in [-0.25, -0.2) is 4.98 Å². The molecule has 0 aromatic carbocycles. The van der Waals surface area contributed by atoms with Crippen LogP contribution < -0.4 is 5.32 Å². The van der Waals surface area contributed by atoms with Gasteiger partial charge in [-0.1, -0.05) is 0 Å². The van der Waals surface area contributed by atoms with Crippen LogP contribution in [0.1, 0.15) is 47.6 Å². The zero-order valence-corrected chi connectivity index (χ0v) is 12.3. The van der Waals surface area contributed by atoms with Gasteiger partial charge in [-0.3, -0.25) is 4.68 Å². The molecule has 1 aliphatic carbocycles. The van der Waals surface area contributed by atoms with Gasteiger partial charge in [0.1, 0.15) is 0 Å². The number of aromatic nitrogens is 3. The summed E-state index contributed by atoms with van der Waals surface area (Å²) in [6.07, 6.45) is 5.68.